The lowest BCUT2D eigenvalue weighted by Gasteiger charge is -2.19. The van der Waals surface area contributed by atoms with Crippen molar-refractivity contribution < 1.29 is 10.2 Å². The van der Waals surface area contributed by atoms with E-state index < -0.39 is 0 Å². The zero-order chi connectivity index (χ0) is 10.6. The molecule has 0 atom stereocenters. The van der Waals surface area contributed by atoms with E-state index in [0.717, 1.165) is 18.7 Å². The van der Waals surface area contributed by atoms with Gasteiger partial charge in [0.05, 0.1) is 0 Å². The molecule has 0 spiro atoms. The maximum absolute atomic E-state index is 9.56. The van der Waals surface area contributed by atoms with Crippen LogP contribution >= 0.6 is 0 Å². The van der Waals surface area contributed by atoms with Crippen LogP contribution in [0.5, 0.6) is 0 Å². The molecule has 78 valence electrons. The van der Waals surface area contributed by atoms with Gasteiger partial charge in [0.1, 0.15) is 0 Å². The van der Waals surface area contributed by atoms with Crippen LogP contribution in [-0.2, 0) is 0 Å². The topological polar surface area (TPSA) is 43.7 Å². The van der Waals surface area contributed by atoms with Crippen molar-refractivity contribution in [3.8, 4) is 0 Å². The number of allylic oxidation sites excluding steroid dienone is 3. The highest BCUT2D eigenvalue weighted by atomic mass is 16.3. The van der Waals surface area contributed by atoms with Crippen molar-refractivity contribution >= 4 is 0 Å². The monoisotopic (exact) mass is 195 g/mol. The van der Waals surface area contributed by atoms with Crippen LogP contribution in [0.25, 0.3) is 0 Å². The van der Waals surface area contributed by atoms with Crippen LogP contribution < -0.4 is 0 Å². The van der Waals surface area contributed by atoms with Crippen molar-refractivity contribution in [1.29, 1.82) is 0 Å². The molecule has 0 aromatic carbocycles. The summed E-state index contributed by atoms with van der Waals surface area (Å²) in [5, 5.41) is 18.9. The summed E-state index contributed by atoms with van der Waals surface area (Å²) in [6, 6.07) is 0. The van der Waals surface area contributed by atoms with Gasteiger partial charge in [-0.25, -0.2) is 0 Å². The molecule has 1 aliphatic rings. The molecule has 0 saturated heterocycles. The quantitative estimate of drug-likeness (QED) is 0.727. The van der Waals surface area contributed by atoms with Gasteiger partial charge in [0.15, 0.2) is 11.5 Å². The van der Waals surface area contributed by atoms with E-state index in [4.69, 9.17) is 0 Å². The molecule has 0 amide bonds. The smallest absolute Gasteiger partial charge is 0.162 e. The van der Waals surface area contributed by atoms with Gasteiger partial charge in [0.25, 0.3) is 0 Å². The Hall–Kier alpha value is -1.38. The van der Waals surface area contributed by atoms with Crippen molar-refractivity contribution in [3.05, 3.63) is 35.4 Å². The van der Waals surface area contributed by atoms with Gasteiger partial charge in [-0.3, -0.25) is 0 Å². The van der Waals surface area contributed by atoms with Gasteiger partial charge in [-0.1, -0.05) is 6.08 Å². The molecule has 1 rings (SSSR count). The van der Waals surface area contributed by atoms with Crippen LogP contribution in [0.15, 0.2) is 35.4 Å². The van der Waals surface area contributed by atoms with Crippen molar-refractivity contribution in [2.75, 3.05) is 13.1 Å². The van der Waals surface area contributed by atoms with Gasteiger partial charge in [-0.05, 0) is 26.3 Å². The van der Waals surface area contributed by atoms with E-state index in [1.165, 1.54) is 6.08 Å². The molecule has 0 saturated carbocycles. The largest absolute Gasteiger partial charge is 0.504 e. The Morgan fingerprint density at radius 3 is 2.57 bits per heavy atom. The number of rotatable bonds is 3. The summed E-state index contributed by atoms with van der Waals surface area (Å²) in [7, 11) is 0. The third-order valence-electron chi connectivity index (χ3n) is 2.31. The van der Waals surface area contributed by atoms with Gasteiger partial charge in [0.2, 0.25) is 0 Å². The molecule has 14 heavy (non-hydrogen) atoms. The van der Waals surface area contributed by atoms with E-state index in [2.05, 4.69) is 18.7 Å². The Morgan fingerprint density at radius 1 is 1.36 bits per heavy atom. The number of hydrogen-bond acceptors (Lipinski definition) is 3. The maximum atomic E-state index is 9.56. The molecule has 0 aromatic heterocycles. The first-order chi connectivity index (χ1) is 6.69. The van der Waals surface area contributed by atoms with Gasteiger partial charge < -0.3 is 15.1 Å². The second-order valence-electron chi connectivity index (χ2n) is 3.22. The first-order valence-electron chi connectivity index (χ1n) is 4.92. The summed E-state index contributed by atoms with van der Waals surface area (Å²) in [6.07, 6.45) is 5.93. The Balaban J connectivity index is 2.84. The number of nitrogens with zero attached hydrogens (tertiary/aromatic N) is 1. The second kappa shape index (κ2) is 4.74. The Bertz CT molecular complexity index is 286. The standard InChI is InChI=1S/C11H17NO2/c1-3-12(4-2)8-9-6-5-7-10(13)11(9)14/h5,7-8,13-14H,3-4,6H2,1-2H3. The minimum absolute atomic E-state index is 0.000556. The predicted octanol–water partition coefficient (Wildman–Crippen LogP) is 2.50. The third kappa shape index (κ3) is 2.31. The predicted molar refractivity (Wildman–Crippen MR) is 57.0 cm³/mol. The molecule has 0 unspecified atom stereocenters. The Labute approximate surface area is 84.7 Å². The molecule has 0 radical (unpaired) electrons. The Morgan fingerprint density at radius 2 is 2.00 bits per heavy atom. The van der Waals surface area contributed by atoms with E-state index in [0.29, 0.717) is 6.42 Å². The highest BCUT2D eigenvalue weighted by Crippen LogP contribution is 2.21. The molecular formula is C11H17NO2. The molecule has 0 aromatic rings. The minimum Gasteiger partial charge on any atom is -0.504 e. The van der Waals surface area contributed by atoms with Gasteiger partial charge in [0, 0.05) is 24.9 Å². The molecule has 3 heteroatoms. The summed E-state index contributed by atoms with van der Waals surface area (Å²) in [4.78, 5) is 2.08. The van der Waals surface area contributed by atoms with Gasteiger partial charge in [-0.2, -0.15) is 0 Å². The SMILES string of the molecule is CCN(C=C1CC=CC(O)=C1O)CC. The summed E-state index contributed by atoms with van der Waals surface area (Å²) in [5.74, 6) is -0.0472. The number of aliphatic hydroxyl groups is 2. The number of aliphatic hydroxyl groups excluding tert-OH is 2. The normalized spacial score (nSPS) is 19.1. The summed E-state index contributed by atoms with van der Waals surface area (Å²) in [5.41, 5.74) is 0.772. The van der Waals surface area contributed by atoms with Crippen molar-refractivity contribution in [3.63, 3.8) is 0 Å². The fourth-order valence-corrected chi connectivity index (χ4v) is 1.38. The van der Waals surface area contributed by atoms with Crippen molar-refractivity contribution in [2.45, 2.75) is 20.3 Å². The average Bonchev–Trinajstić information content (AvgIpc) is 2.20. The zero-order valence-corrected chi connectivity index (χ0v) is 8.70. The first kappa shape index (κ1) is 10.7. The molecule has 2 N–H and O–H groups in total. The van der Waals surface area contributed by atoms with Crippen LogP contribution in [0.3, 0.4) is 0 Å². The van der Waals surface area contributed by atoms with Crippen LogP contribution in [0, 0.1) is 0 Å². The lowest BCUT2D eigenvalue weighted by Crippen LogP contribution is -2.17. The summed E-state index contributed by atoms with van der Waals surface area (Å²) >= 11 is 0. The van der Waals surface area contributed by atoms with Crippen molar-refractivity contribution in [2.24, 2.45) is 0 Å². The highest BCUT2D eigenvalue weighted by Gasteiger charge is 2.12. The molecular weight excluding hydrogens is 178 g/mol. The Kier molecular flexibility index (Phi) is 3.63. The molecule has 0 fully saturated rings. The van der Waals surface area contributed by atoms with E-state index in [1.807, 2.05) is 12.3 Å². The van der Waals surface area contributed by atoms with E-state index in [1.54, 1.807) is 0 Å². The van der Waals surface area contributed by atoms with Gasteiger partial charge in [-0.15, -0.1) is 0 Å². The molecule has 0 aliphatic heterocycles. The van der Waals surface area contributed by atoms with Crippen LogP contribution in [0.4, 0.5) is 0 Å². The molecule has 0 heterocycles. The molecule has 0 bridgehead atoms. The summed E-state index contributed by atoms with van der Waals surface area (Å²) in [6.45, 7) is 5.91. The third-order valence-corrected chi connectivity index (χ3v) is 2.31. The van der Waals surface area contributed by atoms with E-state index in [-0.39, 0.29) is 11.5 Å². The lowest BCUT2D eigenvalue weighted by atomic mass is 10.1. The van der Waals surface area contributed by atoms with Crippen LogP contribution in [0.2, 0.25) is 0 Å². The van der Waals surface area contributed by atoms with Crippen LogP contribution in [-0.4, -0.2) is 28.2 Å². The molecule has 1 aliphatic carbocycles. The maximum Gasteiger partial charge on any atom is 0.162 e. The zero-order valence-electron chi connectivity index (χ0n) is 8.70. The van der Waals surface area contributed by atoms with E-state index in [9.17, 15) is 10.2 Å². The fourth-order valence-electron chi connectivity index (χ4n) is 1.38. The highest BCUT2D eigenvalue weighted by molar-refractivity contribution is 5.37. The number of hydrogen-bond donors (Lipinski definition) is 2. The summed E-state index contributed by atoms with van der Waals surface area (Å²) < 4.78 is 0. The van der Waals surface area contributed by atoms with Crippen molar-refractivity contribution in [1.82, 2.24) is 4.90 Å². The fraction of sp³-hybridized carbons (Fsp3) is 0.455. The van der Waals surface area contributed by atoms with Crippen LogP contribution in [0.1, 0.15) is 20.3 Å². The second-order valence-corrected chi connectivity index (χ2v) is 3.22. The molecule has 3 nitrogen and oxygen atoms in total. The average molecular weight is 195 g/mol. The first-order valence-corrected chi connectivity index (χ1v) is 4.92. The van der Waals surface area contributed by atoms with E-state index >= 15 is 0 Å². The van der Waals surface area contributed by atoms with Gasteiger partial charge >= 0.3 is 0 Å². The lowest BCUT2D eigenvalue weighted by molar-refractivity contribution is 0.336. The minimum atomic E-state index is -0.0466.